The zero-order valence-corrected chi connectivity index (χ0v) is 12.1. The van der Waals surface area contributed by atoms with Crippen LogP contribution in [0.3, 0.4) is 0 Å². The highest BCUT2D eigenvalue weighted by molar-refractivity contribution is 9.10. The molecule has 17 heavy (non-hydrogen) atoms. The molecule has 0 saturated carbocycles. The summed E-state index contributed by atoms with van der Waals surface area (Å²) >= 11 is 9.02. The Morgan fingerprint density at radius 3 is 2.71 bits per heavy atom. The maximum Gasteiger partial charge on any atom is 0.232 e. The van der Waals surface area contributed by atoms with Gasteiger partial charge in [0, 0.05) is 16.1 Å². The number of benzene rings is 1. The van der Waals surface area contributed by atoms with Gasteiger partial charge in [-0.05, 0) is 47.0 Å². The van der Waals surface area contributed by atoms with Crippen molar-refractivity contribution in [3.63, 3.8) is 0 Å². The van der Waals surface area contributed by atoms with Gasteiger partial charge in [0.2, 0.25) is 10.0 Å². The minimum absolute atomic E-state index is 0.00359. The van der Waals surface area contributed by atoms with E-state index in [9.17, 15) is 8.42 Å². The molecule has 7 heteroatoms. The third kappa shape index (κ3) is 5.25. The Kier molecular flexibility index (Phi) is 5.72. The Morgan fingerprint density at radius 1 is 1.35 bits per heavy atom. The molecule has 0 atom stereocenters. The van der Waals surface area contributed by atoms with Gasteiger partial charge in [-0.25, -0.2) is 8.42 Å². The quantitative estimate of drug-likeness (QED) is 0.781. The van der Waals surface area contributed by atoms with Crippen LogP contribution in [-0.2, 0) is 10.0 Å². The average Bonchev–Trinajstić information content (AvgIpc) is 2.23. The number of hydrogen-bond donors (Lipinski definition) is 2. The lowest BCUT2D eigenvalue weighted by molar-refractivity contribution is 0.287. The van der Waals surface area contributed by atoms with Crippen molar-refractivity contribution in [3.8, 4) is 0 Å². The molecule has 0 fully saturated rings. The highest BCUT2D eigenvalue weighted by atomic mass is 79.9. The molecule has 0 heterocycles. The van der Waals surface area contributed by atoms with Crippen molar-refractivity contribution in [3.05, 3.63) is 27.7 Å². The van der Waals surface area contributed by atoms with Crippen molar-refractivity contribution in [2.24, 2.45) is 0 Å². The number of nitrogens with one attached hydrogen (secondary N) is 1. The number of unbranched alkanes of at least 4 members (excludes halogenated alkanes) is 1. The maximum atomic E-state index is 11.7. The van der Waals surface area contributed by atoms with E-state index in [1.54, 1.807) is 12.1 Å². The van der Waals surface area contributed by atoms with Crippen LogP contribution in [0.2, 0.25) is 5.02 Å². The van der Waals surface area contributed by atoms with Gasteiger partial charge in [-0.15, -0.1) is 0 Å². The number of sulfonamides is 1. The lowest BCUT2D eigenvalue weighted by atomic mass is 10.3. The molecule has 4 nitrogen and oxygen atoms in total. The predicted molar refractivity (Wildman–Crippen MR) is 72.9 cm³/mol. The van der Waals surface area contributed by atoms with E-state index in [0.29, 0.717) is 28.0 Å². The second-order valence-electron chi connectivity index (χ2n) is 3.48. The normalized spacial score (nSPS) is 11.5. The Hall–Kier alpha value is -0.300. The van der Waals surface area contributed by atoms with Crippen LogP contribution < -0.4 is 4.72 Å². The molecule has 0 amide bonds. The molecule has 0 spiro atoms. The van der Waals surface area contributed by atoms with Crippen LogP contribution in [-0.4, -0.2) is 25.9 Å². The minimum Gasteiger partial charge on any atom is -0.396 e. The number of hydrogen-bond acceptors (Lipinski definition) is 3. The summed E-state index contributed by atoms with van der Waals surface area (Å²) in [6, 6.07) is 4.87. The van der Waals surface area contributed by atoms with Crippen LogP contribution in [0, 0.1) is 0 Å². The Balaban J connectivity index is 2.72. The van der Waals surface area contributed by atoms with Crippen LogP contribution in [0.25, 0.3) is 0 Å². The van der Waals surface area contributed by atoms with Crippen LogP contribution in [0.1, 0.15) is 12.8 Å². The molecule has 0 aromatic heterocycles. The van der Waals surface area contributed by atoms with Crippen LogP contribution in [0.15, 0.2) is 22.7 Å². The summed E-state index contributed by atoms with van der Waals surface area (Å²) in [5.74, 6) is -0.0213. The maximum absolute atomic E-state index is 11.7. The van der Waals surface area contributed by atoms with Crippen LogP contribution in [0.4, 0.5) is 5.69 Å². The second-order valence-corrected chi connectivity index (χ2v) is 6.61. The summed E-state index contributed by atoms with van der Waals surface area (Å²) in [4.78, 5) is 0. The first-order valence-electron chi connectivity index (χ1n) is 5.01. The lowest BCUT2D eigenvalue weighted by Crippen LogP contribution is -2.17. The molecular weight excluding hydrogens is 330 g/mol. The van der Waals surface area contributed by atoms with Gasteiger partial charge < -0.3 is 5.11 Å². The zero-order chi connectivity index (χ0) is 12.9. The lowest BCUT2D eigenvalue weighted by Gasteiger charge is -2.09. The van der Waals surface area contributed by atoms with E-state index >= 15 is 0 Å². The molecule has 0 aliphatic heterocycles. The fourth-order valence-electron chi connectivity index (χ4n) is 1.20. The van der Waals surface area contributed by atoms with Gasteiger partial charge >= 0.3 is 0 Å². The molecule has 1 rings (SSSR count). The van der Waals surface area contributed by atoms with E-state index in [1.807, 2.05) is 0 Å². The van der Waals surface area contributed by atoms with E-state index in [0.717, 1.165) is 0 Å². The van der Waals surface area contributed by atoms with Gasteiger partial charge in [-0.2, -0.15) is 0 Å². The SMILES string of the molecule is O=S(=O)(CCCCO)Nc1cc(Cl)ccc1Br. The molecule has 0 aliphatic carbocycles. The highest BCUT2D eigenvalue weighted by Gasteiger charge is 2.12. The Bertz CT molecular complexity index is 478. The Labute approximate surface area is 114 Å². The molecular formula is C10H13BrClNO3S. The first kappa shape index (κ1) is 14.8. The topological polar surface area (TPSA) is 66.4 Å². The average molecular weight is 343 g/mol. The monoisotopic (exact) mass is 341 g/mol. The van der Waals surface area contributed by atoms with Gasteiger partial charge in [-0.3, -0.25) is 4.72 Å². The van der Waals surface area contributed by atoms with E-state index in [2.05, 4.69) is 20.7 Å². The molecule has 2 N–H and O–H groups in total. The van der Waals surface area contributed by atoms with Crippen molar-refractivity contribution >= 4 is 43.2 Å². The molecule has 0 bridgehead atoms. The number of aliphatic hydroxyl groups is 1. The molecule has 96 valence electrons. The van der Waals surface area contributed by atoms with Gasteiger partial charge in [0.15, 0.2) is 0 Å². The van der Waals surface area contributed by atoms with Crippen molar-refractivity contribution in [2.75, 3.05) is 17.1 Å². The van der Waals surface area contributed by atoms with Crippen molar-refractivity contribution in [1.82, 2.24) is 0 Å². The molecule has 1 aromatic carbocycles. The Morgan fingerprint density at radius 2 is 2.06 bits per heavy atom. The van der Waals surface area contributed by atoms with Crippen molar-refractivity contribution in [2.45, 2.75) is 12.8 Å². The number of anilines is 1. The van der Waals surface area contributed by atoms with Crippen LogP contribution >= 0.6 is 27.5 Å². The molecule has 0 radical (unpaired) electrons. The van der Waals surface area contributed by atoms with Crippen molar-refractivity contribution < 1.29 is 13.5 Å². The number of aliphatic hydroxyl groups excluding tert-OH is 1. The third-order valence-electron chi connectivity index (χ3n) is 2.02. The van der Waals surface area contributed by atoms with E-state index in [-0.39, 0.29) is 12.4 Å². The van der Waals surface area contributed by atoms with Crippen LogP contribution in [0.5, 0.6) is 0 Å². The number of rotatable bonds is 6. The number of halogens is 2. The van der Waals surface area contributed by atoms with E-state index < -0.39 is 10.0 Å². The second kappa shape index (κ2) is 6.58. The third-order valence-corrected chi connectivity index (χ3v) is 4.30. The largest absolute Gasteiger partial charge is 0.396 e. The van der Waals surface area contributed by atoms with E-state index in [1.165, 1.54) is 6.07 Å². The summed E-state index contributed by atoms with van der Waals surface area (Å²) in [6.45, 7) is -0.00359. The summed E-state index contributed by atoms with van der Waals surface area (Å²) < 4.78 is 26.4. The van der Waals surface area contributed by atoms with E-state index in [4.69, 9.17) is 16.7 Å². The first-order chi connectivity index (χ1) is 7.94. The molecule has 1 aromatic rings. The van der Waals surface area contributed by atoms with Crippen molar-refractivity contribution in [1.29, 1.82) is 0 Å². The summed E-state index contributed by atoms with van der Waals surface area (Å²) in [5, 5.41) is 9.05. The van der Waals surface area contributed by atoms with Gasteiger partial charge in [0.1, 0.15) is 0 Å². The van der Waals surface area contributed by atoms with Gasteiger partial charge in [-0.1, -0.05) is 11.6 Å². The standard InChI is InChI=1S/C10H13BrClNO3S/c11-9-4-3-8(12)7-10(9)13-17(15,16)6-2-1-5-14/h3-4,7,13-14H,1-2,5-6H2. The highest BCUT2D eigenvalue weighted by Crippen LogP contribution is 2.26. The summed E-state index contributed by atoms with van der Waals surface area (Å²) in [6.07, 6.45) is 0.891. The fourth-order valence-corrected chi connectivity index (χ4v) is 3.04. The summed E-state index contributed by atoms with van der Waals surface area (Å²) in [7, 11) is -3.40. The molecule has 0 unspecified atom stereocenters. The minimum atomic E-state index is -3.40. The molecule has 0 aliphatic rings. The van der Waals surface area contributed by atoms with Gasteiger partial charge in [0.25, 0.3) is 0 Å². The smallest absolute Gasteiger partial charge is 0.232 e. The van der Waals surface area contributed by atoms with Gasteiger partial charge in [0.05, 0.1) is 11.4 Å². The zero-order valence-electron chi connectivity index (χ0n) is 8.99. The summed E-state index contributed by atoms with van der Waals surface area (Å²) in [5.41, 5.74) is 0.418. The fraction of sp³-hybridized carbons (Fsp3) is 0.400. The molecule has 0 saturated heterocycles. The predicted octanol–water partition coefficient (Wildman–Crippen LogP) is 2.62. The first-order valence-corrected chi connectivity index (χ1v) is 7.83.